The van der Waals surface area contributed by atoms with E-state index in [1.54, 1.807) is 0 Å². The fourth-order valence-corrected chi connectivity index (χ4v) is 3.01. The Hall–Kier alpha value is -2.21. The summed E-state index contributed by atoms with van der Waals surface area (Å²) in [7, 11) is 0. The van der Waals surface area contributed by atoms with Crippen molar-refractivity contribution in [3.63, 3.8) is 0 Å². The molecule has 0 aliphatic heterocycles. The zero-order valence-corrected chi connectivity index (χ0v) is 16.7. The molecule has 26 heavy (non-hydrogen) atoms. The summed E-state index contributed by atoms with van der Waals surface area (Å²) in [5.41, 5.74) is 2.84. The molecule has 0 radical (unpaired) electrons. The summed E-state index contributed by atoms with van der Waals surface area (Å²) in [5, 5.41) is 2.85. The number of rotatable bonds is 5. The second-order valence-electron chi connectivity index (χ2n) is 6.35. The van der Waals surface area contributed by atoms with Crippen LogP contribution >= 0.6 is 15.9 Å². The van der Waals surface area contributed by atoms with E-state index in [0.29, 0.717) is 0 Å². The summed E-state index contributed by atoms with van der Waals surface area (Å²) in [4.78, 5) is 24.7. The second kappa shape index (κ2) is 8.45. The number of benzene rings is 2. The van der Waals surface area contributed by atoms with Crippen molar-refractivity contribution in [1.29, 1.82) is 0 Å². The number of hydrogen-bond acceptors (Lipinski definition) is 3. The average molecular weight is 422 g/mol. The SMILES string of the molecule is Cc1cccc(C(C)C)c1NC(=O)C(C)OC(=O)c1ccc(F)cc1Br. The van der Waals surface area contributed by atoms with Gasteiger partial charge in [0.1, 0.15) is 5.82 Å². The number of anilines is 1. The number of para-hydroxylation sites is 1. The maximum absolute atomic E-state index is 13.1. The molecule has 2 aromatic carbocycles. The lowest BCUT2D eigenvalue weighted by atomic mass is 9.98. The van der Waals surface area contributed by atoms with Gasteiger partial charge in [0.2, 0.25) is 0 Å². The topological polar surface area (TPSA) is 55.4 Å². The summed E-state index contributed by atoms with van der Waals surface area (Å²) in [6.45, 7) is 7.49. The van der Waals surface area contributed by atoms with Crippen LogP contribution in [-0.4, -0.2) is 18.0 Å². The maximum Gasteiger partial charge on any atom is 0.340 e. The van der Waals surface area contributed by atoms with E-state index in [4.69, 9.17) is 4.74 Å². The van der Waals surface area contributed by atoms with Gasteiger partial charge in [-0.15, -0.1) is 0 Å². The zero-order valence-electron chi connectivity index (χ0n) is 15.1. The molecule has 1 N–H and O–H groups in total. The van der Waals surface area contributed by atoms with Crippen LogP contribution in [0.1, 0.15) is 48.2 Å². The molecular formula is C20H21BrFNO3. The number of aryl methyl sites for hydroxylation is 1. The van der Waals surface area contributed by atoms with Crippen LogP contribution in [0.2, 0.25) is 0 Å². The lowest BCUT2D eigenvalue weighted by Crippen LogP contribution is -2.30. The first kappa shape index (κ1) is 20.1. The van der Waals surface area contributed by atoms with Crippen LogP contribution in [0.15, 0.2) is 40.9 Å². The summed E-state index contributed by atoms with van der Waals surface area (Å²) in [6, 6.07) is 9.45. The molecular weight excluding hydrogens is 401 g/mol. The predicted molar refractivity (Wildman–Crippen MR) is 103 cm³/mol. The predicted octanol–water partition coefficient (Wildman–Crippen LogP) is 5.20. The molecule has 1 atom stereocenters. The Bertz CT molecular complexity index is 836. The minimum Gasteiger partial charge on any atom is -0.449 e. The molecule has 4 nitrogen and oxygen atoms in total. The van der Waals surface area contributed by atoms with E-state index in [-0.39, 0.29) is 16.0 Å². The average Bonchev–Trinajstić information content (AvgIpc) is 2.56. The fraction of sp³-hybridized carbons (Fsp3) is 0.300. The molecule has 2 aromatic rings. The third-order valence-corrected chi connectivity index (χ3v) is 4.64. The van der Waals surface area contributed by atoms with E-state index in [9.17, 15) is 14.0 Å². The minimum absolute atomic E-state index is 0.157. The van der Waals surface area contributed by atoms with E-state index in [2.05, 4.69) is 21.2 Å². The molecule has 2 rings (SSSR count). The minimum atomic E-state index is -1.00. The summed E-state index contributed by atoms with van der Waals surface area (Å²) in [5.74, 6) is -1.36. The van der Waals surface area contributed by atoms with Gasteiger partial charge in [-0.25, -0.2) is 9.18 Å². The van der Waals surface area contributed by atoms with Crippen molar-refractivity contribution in [3.8, 4) is 0 Å². The highest BCUT2D eigenvalue weighted by Crippen LogP contribution is 2.27. The largest absolute Gasteiger partial charge is 0.449 e. The number of hydrogen-bond donors (Lipinski definition) is 1. The monoisotopic (exact) mass is 421 g/mol. The smallest absolute Gasteiger partial charge is 0.340 e. The number of carbonyl (C=O) groups excluding carboxylic acids is 2. The molecule has 1 unspecified atom stereocenters. The van der Waals surface area contributed by atoms with Gasteiger partial charge in [0, 0.05) is 10.2 Å². The van der Waals surface area contributed by atoms with Gasteiger partial charge >= 0.3 is 5.97 Å². The molecule has 6 heteroatoms. The van der Waals surface area contributed by atoms with Gasteiger partial charge in [-0.2, -0.15) is 0 Å². The van der Waals surface area contributed by atoms with Crippen molar-refractivity contribution in [2.75, 3.05) is 5.32 Å². The van der Waals surface area contributed by atoms with Crippen LogP contribution in [0.25, 0.3) is 0 Å². The van der Waals surface area contributed by atoms with Gasteiger partial charge in [0.25, 0.3) is 5.91 Å². The Labute approximate surface area is 160 Å². The van der Waals surface area contributed by atoms with Crippen molar-refractivity contribution in [2.24, 2.45) is 0 Å². The molecule has 0 aliphatic carbocycles. The van der Waals surface area contributed by atoms with E-state index in [0.717, 1.165) is 22.9 Å². The van der Waals surface area contributed by atoms with Crippen LogP contribution in [-0.2, 0) is 9.53 Å². The van der Waals surface area contributed by atoms with Gasteiger partial charge in [-0.05, 0) is 65.0 Å². The van der Waals surface area contributed by atoms with Crippen LogP contribution in [0.3, 0.4) is 0 Å². The number of carbonyl (C=O) groups is 2. The van der Waals surface area contributed by atoms with Crippen molar-refractivity contribution in [1.82, 2.24) is 0 Å². The third-order valence-electron chi connectivity index (χ3n) is 3.98. The van der Waals surface area contributed by atoms with E-state index < -0.39 is 23.8 Å². The third kappa shape index (κ3) is 4.69. The van der Waals surface area contributed by atoms with Crippen molar-refractivity contribution >= 4 is 33.5 Å². The quantitative estimate of drug-likeness (QED) is 0.674. The fourth-order valence-electron chi connectivity index (χ4n) is 2.50. The van der Waals surface area contributed by atoms with Crippen molar-refractivity contribution in [3.05, 3.63) is 63.4 Å². The molecule has 0 bridgehead atoms. The molecule has 0 saturated heterocycles. The van der Waals surface area contributed by atoms with Crippen molar-refractivity contribution < 1.29 is 18.7 Å². The van der Waals surface area contributed by atoms with Crippen LogP contribution in [0.4, 0.5) is 10.1 Å². The first-order valence-corrected chi connectivity index (χ1v) is 9.06. The van der Waals surface area contributed by atoms with Gasteiger partial charge < -0.3 is 10.1 Å². The molecule has 138 valence electrons. The summed E-state index contributed by atoms with van der Waals surface area (Å²) in [6.07, 6.45) is -1.00. The highest BCUT2D eigenvalue weighted by atomic mass is 79.9. The first-order chi connectivity index (χ1) is 12.2. The number of esters is 1. The molecule has 1 amide bonds. The summed E-state index contributed by atoms with van der Waals surface area (Å²) < 4.78 is 18.6. The molecule has 0 aromatic heterocycles. The Morgan fingerprint density at radius 2 is 1.85 bits per heavy atom. The zero-order chi connectivity index (χ0) is 19.4. The van der Waals surface area contributed by atoms with Gasteiger partial charge in [0.05, 0.1) is 5.56 Å². The first-order valence-electron chi connectivity index (χ1n) is 8.27. The second-order valence-corrected chi connectivity index (χ2v) is 7.21. The maximum atomic E-state index is 13.1. The van der Waals surface area contributed by atoms with Gasteiger partial charge in [0.15, 0.2) is 6.10 Å². The standard InChI is InChI=1S/C20H21BrFNO3/c1-11(2)15-7-5-6-12(3)18(15)23-19(24)13(4)26-20(25)16-9-8-14(22)10-17(16)21/h5-11,13H,1-4H3,(H,23,24). The Balaban J connectivity index is 2.12. The van der Waals surface area contributed by atoms with Gasteiger partial charge in [-0.1, -0.05) is 32.0 Å². The number of nitrogens with one attached hydrogen (secondary N) is 1. The number of ether oxygens (including phenoxy) is 1. The molecule has 0 saturated carbocycles. The lowest BCUT2D eigenvalue weighted by molar-refractivity contribution is -0.123. The Morgan fingerprint density at radius 1 is 1.15 bits per heavy atom. The van der Waals surface area contributed by atoms with E-state index in [1.165, 1.54) is 19.1 Å². The van der Waals surface area contributed by atoms with E-state index >= 15 is 0 Å². The normalized spacial score (nSPS) is 12.0. The molecule has 0 spiro atoms. The van der Waals surface area contributed by atoms with E-state index in [1.807, 2.05) is 39.0 Å². The Morgan fingerprint density at radius 3 is 2.46 bits per heavy atom. The summed E-state index contributed by atoms with van der Waals surface area (Å²) >= 11 is 3.12. The highest BCUT2D eigenvalue weighted by molar-refractivity contribution is 9.10. The molecule has 0 heterocycles. The molecule has 0 aliphatic rings. The number of halogens is 2. The highest BCUT2D eigenvalue weighted by Gasteiger charge is 2.22. The lowest BCUT2D eigenvalue weighted by Gasteiger charge is -2.19. The Kier molecular flexibility index (Phi) is 6.53. The van der Waals surface area contributed by atoms with Gasteiger partial charge in [-0.3, -0.25) is 4.79 Å². The van der Waals surface area contributed by atoms with Crippen LogP contribution in [0, 0.1) is 12.7 Å². The van der Waals surface area contributed by atoms with Crippen LogP contribution in [0.5, 0.6) is 0 Å². The number of amides is 1. The van der Waals surface area contributed by atoms with Crippen LogP contribution < -0.4 is 5.32 Å². The molecule has 0 fully saturated rings. The van der Waals surface area contributed by atoms with Crippen molar-refractivity contribution in [2.45, 2.75) is 39.7 Å².